The van der Waals surface area contributed by atoms with E-state index in [1.165, 1.54) is 0 Å². The number of para-hydroxylation sites is 1. The lowest BCUT2D eigenvalue weighted by molar-refractivity contribution is -0.130. The highest BCUT2D eigenvalue weighted by Crippen LogP contribution is 2.65. The highest BCUT2D eigenvalue weighted by atomic mass is 79.9. The molecule has 0 saturated carbocycles. The van der Waals surface area contributed by atoms with Crippen molar-refractivity contribution in [1.82, 2.24) is 5.32 Å². The van der Waals surface area contributed by atoms with Crippen molar-refractivity contribution in [3.63, 3.8) is 0 Å². The van der Waals surface area contributed by atoms with Gasteiger partial charge < -0.3 is 5.32 Å². The minimum Gasteiger partial charge on any atom is -0.354 e. The zero-order valence-electron chi connectivity index (χ0n) is 18.2. The molecule has 3 aliphatic carbocycles. The molecule has 6 nitrogen and oxygen atoms in total. The Morgan fingerprint density at radius 2 is 1.53 bits per heavy atom. The molecule has 6 rings (SSSR count). The summed E-state index contributed by atoms with van der Waals surface area (Å²) in [5.41, 5.74) is 3.10. The van der Waals surface area contributed by atoms with Crippen LogP contribution in [0, 0.1) is 16.7 Å². The quantitative estimate of drug-likeness (QED) is 0.461. The zero-order valence-corrected chi connectivity index (χ0v) is 20.6. The molecule has 8 heteroatoms. The van der Waals surface area contributed by atoms with Gasteiger partial charge in [-0.3, -0.25) is 9.52 Å². The summed E-state index contributed by atoms with van der Waals surface area (Å²) in [6.45, 7) is -0.101. The third kappa shape index (κ3) is 3.51. The number of rotatable bonds is 6. The summed E-state index contributed by atoms with van der Waals surface area (Å²) >= 11 is 3.92. The van der Waals surface area contributed by atoms with Crippen LogP contribution in [-0.2, 0) is 19.1 Å². The van der Waals surface area contributed by atoms with Crippen molar-refractivity contribution in [2.24, 2.45) is 5.41 Å². The zero-order chi connectivity index (χ0) is 24.0. The molecule has 2 bridgehead atoms. The smallest absolute Gasteiger partial charge is 0.241 e. The van der Waals surface area contributed by atoms with Crippen molar-refractivity contribution in [3.05, 3.63) is 101 Å². The van der Waals surface area contributed by atoms with E-state index in [4.69, 9.17) is 0 Å². The van der Waals surface area contributed by atoms with Crippen molar-refractivity contribution in [2.45, 2.75) is 16.7 Å². The molecule has 0 aliphatic heterocycles. The first kappa shape index (κ1) is 22.6. The van der Waals surface area contributed by atoms with E-state index in [0.717, 1.165) is 22.3 Å². The molecule has 172 valence electrons. The standard InChI is InChI=1S/C26H22BrN3O3S/c27-26-16-25(17-28,24(31)29-14-15-34(32,33)30-18-8-2-1-3-9-18)23(19-10-4-6-12-21(19)26)20-11-5-7-13-22(20)26/h1-13,23,30H,14-16H2,(H,29,31). The van der Waals surface area contributed by atoms with Crippen LogP contribution in [0.4, 0.5) is 5.69 Å². The van der Waals surface area contributed by atoms with E-state index < -0.39 is 31.6 Å². The minimum absolute atomic E-state index is 0.101. The number of nitrogens with zero attached hydrogens (tertiary/aromatic N) is 1. The highest BCUT2D eigenvalue weighted by Gasteiger charge is 2.62. The van der Waals surface area contributed by atoms with E-state index in [2.05, 4.69) is 32.0 Å². The van der Waals surface area contributed by atoms with Crippen molar-refractivity contribution in [2.75, 3.05) is 17.0 Å². The second-order valence-electron chi connectivity index (χ2n) is 8.71. The first-order chi connectivity index (χ1) is 16.3. The molecule has 3 aromatic carbocycles. The summed E-state index contributed by atoms with van der Waals surface area (Å²) in [7, 11) is -3.66. The second kappa shape index (κ2) is 8.26. The largest absolute Gasteiger partial charge is 0.354 e. The van der Waals surface area contributed by atoms with Gasteiger partial charge in [-0.15, -0.1) is 0 Å². The average Bonchev–Trinajstić information content (AvgIpc) is 2.84. The van der Waals surface area contributed by atoms with E-state index in [-0.39, 0.29) is 18.7 Å². The van der Waals surface area contributed by atoms with Crippen LogP contribution in [-0.4, -0.2) is 26.6 Å². The maximum Gasteiger partial charge on any atom is 0.241 e. The molecule has 2 N–H and O–H groups in total. The summed E-state index contributed by atoms with van der Waals surface area (Å²) in [5, 5.41) is 13.1. The van der Waals surface area contributed by atoms with Gasteiger partial charge in [0.2, 0.25) is 15.9 Å². The Bertz CT molecular complexity index is 1370. The SMILES string of the molecule is N#CC1(C(=O)NCCS(=O)(=O)Nc2ccccc2)CC2(Br)c3ccccc3C1c1ccccc12. The third-order valence-corrected chi connectivity index (χ3v) is 9.14. The number of amides is 1. The van der Waals surface area contributed by atoms with Gasteiger partial charge in [-0.2, -0.15) is 5.26 Å². The number of nitriles is 1. The maximum atomic E-state index is 13.6. The van der Waals surface area contributed by atoms with E-state index >= 15 is 0 Å². The van der Waals surface area contributed by atoms with Crippen LogP contribution in [0.3, 0.4) is 0 Å². The molecule has 0 spiro atoms. The molecule has 0 saturated heterocycles. The number of anilines is 1. The van der Waals surface area contributed by atoms with Crippen LogP contribution in [0.1, 0.15) is 34.6 Å². The van der Waals surface area contributed by atoms with E-state index in [1.807, 2.05) is 48.5 Å². The van der Waals surface area contributed by atoms with Crippen molar-refractivity contribution in [3.8, 4) is 6.07 Å². The molecule has 34 heavy (non-hydrogen) atoms. The minimum atomic E-state index is -3.66. The molecule has 1 unspecified atom stereocenters. The lowest BCUT2D eigenvalue weighted by Gasteiger charge is -2.53. The molecule has 0 fully saturated rings. The molecule has 0 radical (unpaired) electrons. The number of benzene rings is 3. The summed E-state index contributed by atoms with van der Waals surface area (Å²) in [6.07, 6.45) is 0.260. The number of nitrogens with one attached hydrogen (secondary N) is 2. The van der Waals surface area contributed by atoms with Gasteiger partial charge >= 0.3 is 0 Å². The number of sulfonamides is 1. The molecule has 0 aromatic heterocycles. The predicted octanol–water partition coefficient (Wildman–Crippen LogP) is 4.24. The van der Waals surface area contributed by atoms with E-state index in [1.54, 1.807) is 30.3 Å². The van der Waals surface area contributed by atoms with Gasteiger partial charge in [0, 0.05) is 18.2 Å². The van der Waals surface area contributed by atoms with Crippen molar-refractivity contribution >= 4 is 37.5 Å². The van der Waals surface area contributed by atoms with Gasteiger partial charge in [0.15, 0.2) is 0 Å². The monoisotopic (exact) mass is 535 g/mol. The van der Waals surface area contributed by atoms with Crippen LogP contribution < -0.4 is 10.0 Å². The van der Waals surface area contributed by atoms with Crippen LogP contribution in [0.5, 0.6) is 0 Å². The molecule has 1 amide bonds. The number of carbonyl (C=O) groups is 1. The number of alkyl halides is 1. The Balaban J connectivity index is 1.42. The Hall–Kier alpha value is -3.15. The maximum absolute atomic E-state index is 13.6. The van der Waals surface area contributed by atoms with Gasteiger partial charge in [-0.1, -0.05) is 82.7 Å². The Morgan fingerprint density at radius 3 is 2.12 bits per heavy atom. The van der Waals surface area contributed by atoms with E-state index in [0.29, 0.717) is 5.69 Å². The number of halogens is 1. The topological polar surface area (TPSA) is 99.1 Å². The summed E-state index contributed by atoms with van der Waals surface area (Å²) in [6, 6.07) is 26.7. The van der Waals surface area contributed by atoms with Crippen LogP contribution >= 0.6 is 15.9 Å². The normalized spacial score (nSPS) is 24.4. The Labute approximate surface area is 207 Å². The fraction of sp³-hybridized carbons (Fsp3) is 0.231. The van der Waals surface area contributed by atoms with Gasteiger partial charge in [0.1, 0.15) is 5.41 Å². The lowest BCUT2D eigenvalue weighted by atomic mass is 9.52. The van der Waals surface area contributed by atoms with Gasteiger partial charge in [0.05, 0.1) is 16.1 Å². The molecule has 0 heterocycles. The van der Waals surface area contributed by atoms with Crippen LogP contribution in [0.25, 0.3) is 0 Å². The average molecular weight is 536 g/mol. The van der Waals surface area contributed by atoms with Gasteiger partial charge in [-0.05, 0) is 40.8 Å². The van der Waals surface area contributed by atoms with Gasteiger partial charge in [-0.25, -0.2) is 8.42 Å². The highest BCUT2D eigenvalue weighted by molar-refractivity contribution is 9.09. The lowest BCUT2D eigenvalue weighted by Crippen LogP contribution is -2.55. The number of hydrogen-bond donors (Lipinski definition) is 2. The first-order valence-corrected chi connectivity index (χ1v) is 13.4. The fourth-order valence-electron chi connectivity index (χ4n) is 5.30. The number of carbonyl (C=O) groups excluding carboxylic acids is 1. The Kier molecular flexibility index (Phi) is 5.50. The summed E-state index contributed by atoms with van der Waals surface area (Å²) in [4.78, 5) is 13.6. The second-order valence-corrected chi connectivity index (χ2v) is 11.9. The van der Waals surface area contributed by atoms with Crippen LogP contribution in [0.15, 0.2) is 78.9 Å². The van der Waals surface area contributed by atoms with Crippen LogP contribution in [0.2, 0.25) is 0 Å². The summed E-state index contributed by atoms with van der Waals surface area (Å²) < 4.78 is 26.8. The van der Waals surface area contributed by atoms with E-state index in [9.17, 15) is 18.5 Å². The molecule has 3 aromatic rings. The number of fused-ring (bicyclic) bond motifs is 1. The fourth-order valence-corrected chi connectivity index (χ4v) is 7.43. The first-order valence-electron chi connectivity index (χ1n) is 10.9. The number of hydrogen-bond acceptors (Lipinski definition) is 4. The summed E-state index contributed by atoms with van der Waals surface area (Å²) in [5.74, 6) is -1.20. The molecule has 1 atom stereocenters. The predicted molar refractivity (Wildman–Crippen MR) is 134 cm³/mol. The molecule has 3 aliphatic rings. The van der Waals surface area contributed by atoms with Crippen molar-refractivity contribution < 1.29 is 13.2 Å². The third-order valence-electron chi connectivity index (χ3n) is 6.72. The molecular weight excluding hydrogens is 514 g/mol. The van der Waals surface area contributed by atoms with Gasteiger partial charge in [0.25, 0.3) is 0 Å². The Morgan fingerprint density at radius 1 is 0.971 bits per heavy atom. The van der Waals surface area contributed by atoms with Crippen molar-refractivity contribution in [1.29, 1.82) is 5.26 Å². The molecular formula is C26H22BrN3O3S.